The molecule has 0 fully saturated rings. The minimum Gasteiger partial charge on any atom is -0.314 e. The highest BCUT2D eigenvalue weighted by molar-refractivity contribution is 9.15. The maximum Gasteiger partial charge on any atom is 0.0943 e. The van der Waals surface area contributed by atoms with Crippen LogP contribution in [0.25, 0.3) is 0 Å². The number of rotatable bonds is 0. The van der Waals surface area contributed by atoms with Crippen LogP contribution in [0.4, 0.5) is 0 Å². The average molecular weight is 585 g/mol. The average Bonchev–Trinajstić information content (AvgIpc) is 2.64. The Morgan fingerprint density at radius 1 is 0.680 bits per heavy atom. The third kappa shape index (κ3) is 1.91. The second kappa shape index (κ2) is 5.52. The molecule has 0 aliphatic heterocycles. The summed E-state index contributed by atoms with van der Waals surface area (Å²) in [6.45, 7) is 0. The lowest BCUT2D eigenvalue weighted by Gasteiger charge is -2.49. The lowest BCUT2D eigenvalue weighted by Crippen LogP contribution is -2.49. The Balaban J connectivity index is 2.04. The van der Waals surface area contributed by atoms with Crippen molar-refractivity contribution in [2.75, 3.05) is 0 Å². The zero-order chi connectivity index (χ0) is 17.5. The lowest BCUT2D eigenvalue weighted by molar-refractivity contribution is 0.561. The predicted molar refractivity (Wildman–Crippen MR) is 115 cm³/mol. The summed E-state index contributed by atoms with van der Waals surface area (Å²) in [5, 5.41) is 0. The third-order valence-electron chi connectivity index (χ3n) is 5.38. The van der Waals surface area contributed by atoms with E-state index >= 15 is 0 Å². The molecule has 2 bridgehead atoms. The fourth-order valence-corrected chi connectivity index (χ4v) is 7.10. The summed E-state index contributed by atoms with van der Waals surface area (Å²) in [4.78, 5) is 0. The van der Waals surface area contributed by atoms with Gasteiger partial charge in [-0.3, -0.25) is 0 Å². The minimum absolute atomic E-state index is 0.169. The van der Waals surface area contributed by atoms with Crippen molar-refractivity contribution < 1.29 is 0 Å². The van der Waals surface area contributed by atoms with Crippen LogP contribution in [0, 0.1) is 0 Å². The van der Waals surface area contributed by atoms with E-state index in [9.17, 15) is 0 Å². The van der Waals surface area contributed by atoms with Crippen molar-refractivity contribution in [1.82, 2.24) is 0 Å². The third-order valence-corrected chi connectivity index (χ3v) is 10.2. The maximum absolute atomic E-state index is 7.23. The SMILES string of the molecule is NC12c3ccccc3C(c3ccccc31)c1c(Br)c(Br)c(Br)c(Br)c12. The molecular formula is C20H11Br4N. The van der Waals surface area contributed by atoms with Crippen molar-refractivity contribution in [3.63, 3.8) is 0 Å². The van der Waals surface area contributed by atoms with Gasteiger partial charge in [0, 0.05) is 29.4 Å². The Labute approximate surface area is 179 Å². The van der Waals surface area contributed by atoms with Gasteiger partial charge in [-0.15, -0.1) is 0 Å². The minimum atomic E-state index is -0.679. The van der Waals surface area contributed by atoms with Gasteiger partial charge in [-0.1, -0.05) is 48.5 Å². The van der Waals surface area contributed by atoms with Gasteiger partial charge in [0.25, 0.3) is 0 Å². The predicted octanol–water partition coefficient (Wildman–Crippen LogP) is 6.79. The molecule has 2 N–H and O–H groups in total. The van der Waals surface area contributed by atoms with E-state index in [4.69, 9.17) is 5.73 Å². The number of halogens is 4. The van der Waals surface area contributed by atoms with Crippen LogP contribution in [0.1, 0.15) is 39.3 Å². The van der Waals surface area contributed by atoms with Gasteiger partial charge in [-0.05, 0) is 91.5 Å². The van der Waals surface area contributed by atoms with Crippen molar-refractivity contribution in [2.45, 2.75) is 11.5 Å². The normalized spacial score (nSPS) is 22.4. The van der Waals surface area contributed by atoms with E-state index < -0.39 is 5.54 Å². The van der Waals surface area contributed by atoms with E-state index in [1.807, 2.05) is 0 Å². The molecule has 0 radical (unpaired) electrons. The first-order valence-corrected chi connectivity index (χ1v) is 11.0. The highest BCUT2D eigenvalue weighted by Crippen LogP contribution is 2.61. The van der Waals surface area contributed by atoms with Gasteiger partial charge in [0.15, 0.2) is 0 Å². The zero-order valence-corrected chi connectivity index (χ0v) is 19.1. The maximum atomic E-state index is 7.23. The molecule has 0 spiro atoms. The van der Waals surface area contributed by atoms with E-state index in [1.165, 1.54) is 27.8 Å². The lowest BCUT2D eigenvalue weighted by atomic mass is 9.57. The number of nitrogens with two attached hydrogens (primary N) is 1. The molecule has 25 heavy (non-hydrogen) atoms. The summed E-state index contributed by atoms with van der Waals surface area (Å²) in [5.74, 6) is 0.169. The van der Waals surface area contributed by atoms with Crippen molar-refractivity contribution >= 4 is 63.7 Å². The smallest absolute Gasteiger partial charge is 0.0943 e. The molecule has 5 heteroatoms. The van der Waals surface area contributed by atoms with Gasteiger partial charge < -0.3 is 5.73 Å². The van der Waals surface area contributed by atoms with E-state index in [0.717, 1.165) is 23.5 Å². The van der Waals surface area contributed by atoms with Gasteiger partial charge >= 0.3 is 0 Å². The first-order chi connectivity index (χ1) is 12.0. The topological polar surface area (TPSA) is 26.0 Å². The van der Waals surface area contributed by atoms with Gasteiger partial charge in [-0.25, -0.2) is 0 Å². The van der Waals surface area contributed by atoms with Crippen molar-refractivity contribution in [3.8, 4) is 0 Å². The Kier molecular flexibility index (Phi) is 3.69. The summed E-state index contributed by atoms with van der Waals surface area (Å²) < 4.78 is 4.05. The van der Waals surface area contributed by atoms with E-state index in [-0.39, 0.29) is 5.92 Å². The quantitative estimate of drug-likeness (QED) is 0.228. The van der Waals surface area contributed by atoms with Crippen LogP contribution in [0.15, 0.2) is 66.4 Å². The van der Waals surface area contributed by atoms with Crippen LogP contribution in [0.2, 0.25) is 0 Å². The molecule has 6 rings (SSSR count). The Hall–Kier alpha value is -0.460. The van der Waals surface area contributed by atoms with E-state index in [2.05, 4.69) is 112 Å². The molecule has 3 aromatic rings. The second-order valence-electron chi connectivity index (χ2n) is 6.46. The van der Waals surface area contributed by atoms with Crippen LogP contribution in [-0.4, -0.2) is 0 Å². The summed E-state index contributed by atoms with van der Waals surface area (Å²) in [6.07, 6.45) is 0. The van der Waals surface area contributed by atoms with Crippen LogP contribution < -0.4 is 5.73 Å². The van der Waals surface area contributed by atoms with E-state index in [1.54, 1.807) is 0 Å². The summed E-state index contributed by atoms with van der Waals surface area (Å²) >= 11 is 15.1. The summed E-state index contributed by atoms with van der Waals surface area (Å²) in [5.41, 5.74) is 13.9. The van der Waals surface area contributed by atoms with Crippen LogP contribution >= 0.6 is 63.7 Å². The number of hydrogen-bond donors (Lipinski definition) is 1. The molecule has 0 saturated heterocycles. The van der Waals surface area contributed by atoms with Crippen molar-refractivity contribution in [3.05, 3.63) is 99.8 Å². The van der Waals surface area contributed by atoms with Gasteiger partial charge in [0.2, 0.25) is 0 Å². The zero-order valence-electron chi connectivity index (χ0n) is 12.8. The highest BCUT2D eigenvalue weighted by Gasteiger charge is 2.51. The van der Waals surface area contributed by atoms with Crippen molar-refractivity contribution in [2.24, 2.45) is 5.73 Å². The molecule has 0 aromatic heterocycles. The molecule has 1 nitrogen and oxygen atoms in total. The van der Waals surface area contributed by atoms with Gasteiger partial charge in [0.05, 0.1) is 5.54 Å². The first-order valence-electron chi connectivity index (χ1n) is 7.82. The Bertz CT molecular complexity index is 1030. The number of benzene rings is 3. The standard InChI is InChI=1S/C20H11Br4N/c21-16-14-13-9-5-1-3-7-11(9)20(25,12-8-4-2-6-10(12)13)15(14)17(22)19(24)18(16)23/h1-8,13H,25H2. The first kappa shape index (κ1) is 16.7. The largest absolute Gasteiger partial charge is 0.314 e. The molecule has 0 amide bonds. The Morgan fingerprint density at radius 3 is 1.72 bits per heavy atom. The molecule has 0 unspecified atom stereocenters. The summed E-state index contributed by atoms with van der Waals surface area (Å²) in [6, 6.07) is 17.1. The van der Waals surface area contributed by atoms with Crippen LogP contribution in [0.5, 0.6) is 0 Å². The molecule has 0 heterocycles. The molecule has 3 aliphatic rings. The highest BCUT2D eigenvalue weighted by atomic mass is 79.9. The second-order valence-corrected chi connectivity index (χ2v) is 9.63. The van der Waals surface area contributed by atoms with Gasteiger partial charge in [-0.2, -0.15) is 0 Å². The molecular weight excluding hydrogens is 574 g/mol. The van der Waals surface area contributed by atoms with Crippen LogP contribution in [-0.2, 0) is 5.54 Å². The fraction of sp³-hybridized carbons (Fsp3) is 0.100. The summed E-state index contributed by atoms with van der Waals surface area (Å²) in [7, 11) is 0. The molecule has 3 aliphatic carbocycles. The van der Waals surface area contributed by atoms with E-state index in [0.29, 0.717) is 0 Å². The number of hydrogen-bond acceptors (Lipinski definition) is 1. The fourth-order valence-electron chi connectivity index (χ4n) is 4.41. The molecule has 0 saturated carbocycles. The molecule has 124 valence electrons. The monoisotopic (exact) mass is 581 g/mol. The van der Waals surface area contributed by atoms with Crippen LogP contribution in [0.3, 0.4) is 0 Å². The Morgan fingerprint density at radius 2 is 1.16 bits per heavy atom. The molecule has 0 atom stereocenters. The van der Waals surface area contributed by atoms with Gasteiger partial charge in [0.1, 0.15) is 0 Å². The molecule has 3 aromatic carbocycles. The van der Waals surface area contributed by atoms with Crippen molar-refractivity contribution in [1.29, 1.82) is 0 Å².